The van der Waals surface area contributed by atoms with Gasteiger partial charge in [-0.3, -0.25) is 0 Å². The van der Waals surface area contributed by atoms with Crippen LogP contribution in [0.5, 0.6) is 0 Å². The van der Waals surface area contributed by atoms with E-state index in [0.717, 1.165) is 5.92 Å². The monoisotopic (exact) mass is 251 g/mol. The minimum Gasteiger partial charge on any atom is -0.316 e. The van der Waals surface area contributed by atoms with Crippen LogP contribution in [0.2, 0.25) is 0 Å². The standard InChI is InChI=1S/C12H14BrN/c13-11-4-2-1-3-10(11)12-6-5-9(12)7-14-8-12/h1-4,9,14H,5-8H2. The molecule has 0 bridgehead atoms. The first-order valence-corrected chi connectivity index (χ1v) is 6.08. The van der Waals surface area contributed by atoms with Gasteiger partial charge in [0.05, 0.1) is 0 Å². The van der Waals surface area contributed by atoms with Gasteiger partial charge in [0, 0.05) is 16.4 Å². The van der Waals surface area contributed by atoms with Crippen LogP contribution in [-0.4, -0.2) is 13.1 Å². The quantitative estimate of drug-likeness (QED) is 0.810. The number of hydrogen-bond acceptors (Lipinski definition) is 1. The van der Waals surface area contributed by atoms with Crippen LogP contribution in [0.4, 0.5) is 0 Å². The molecule has 0 amide bonds. The summed E-state index contributed by atoms with van der Waals surface area (Å²) in [6.07, 6.45) is 2.75. The van der Waals surface area contributed by atoms with Crippen LogP contribution in [0.3, 0.4) is 0 Å². The fraction of sp³-hybridized carbons (Fsp3) is 0.500. The van der Waals surface area contributed by atoms with Crippen LogP contribution in [0.25, 0.3) is 0 Å². The van der Waals surface area contributed by atoms with E-state index in [2.05, 4.69) is 45.5 Å². The molecular weight excluding hydrogens is 238 g/mol. The van der Waals surface area contributed by atoms with Crippen LogP contribution in [-0.2, 0) is 5.41 Å². The Labute approximate surface area is 93.0 Å². The van der Waals surface area contributed by atoms with Gasteiger partial charge in [0.15, 0.2) is 0 Å². The molecule has 0 aromatic heterocycles. The summed E-state index contributed by atoms with van der Waals surface area (Å²) in [5, 5.41) is 3.53. The Bertz CT molecular complexity index is 363. The highest BCUT2D eigenvalue weighted by Crippen LogP contribution is 2.52. The summed E-state index contributed by atoms with van der Waals surface area (Å²) >= 11 is 3.68. The maximum absolute atomic E-state index is 3.68. The van der Waals surface area contributed by atoms with Gasteiger partial charge in [-0.05, 0) is 36.9 Å². The molecule has 2 atom stereocenters. The van der Waals surface area contributed by atoms with E-state index in [1.165, 1.54) is 36.0 Å². The molecule has 1 saturated heterocycles. The molecule has 14 heavy (non-hydrogen) atoms. The average Bonchev–Trinajstić information content (AvgIpc) is 2.45. The van der Waals surface area contributed by atoms with Gasteiger partial charge in [0.1, 0.15) is 0 Å². The van der Waals surface area contributed by atoms with Crippen molar-refractivity contribution in [1.82, 2.24) is 5.32 Å². The van der Waals surface area contributed by atoms with Gasteiger partial charge in [0.25, 0.3) is 0 Å². The first-order chi connectivity index (χ1) is 6.83. The van der Waals surface area contributed by atoms with Crippen molar-refractivity contribution >= 4 is 15.9 Å². The Balaban J connectivity index is 2.06. The molecule has 1 saturated carbocycles. The number of rotatable bonds is 1. The third kappa shape index (κ3) is 1.04. The number of fused-ring (bicyclic) bond motifs is 1. The molecule has 1 aliphatic carbocycles. The first kappa shape index (κ1) is 8.93. The fourth-order valence-electron chi connectivity index (χ4n) is 3.01. The van der Waals surface area contributed by atoms with E-state index in [1.54, 1.807) is 0 Å². The molecule has 1 heterocycles. The van der Waals surface area contributed by atoms with Crippen molar-refractivity contribution < 1.29 is 0 Å². The van der Waals surface area contributed by atoms with Gasteiger partial charge in [-0.1, -0.05) is 34.1 Å². The van der Waals surface area contributed by atoms with Gasteiger partial charge in [-0.2, -0.15) is 0 Å². The zero-order chi connectivity index (χ0) is 9.60. The van der Waals surface area contributed by atoms with E-state index in [4.69, 9.17) is 0 Å². The lowest BCUT2D eigenvalue weighted by Crippen LogP contribution is -2.43. The van der Waals surface area contributed by atoms with Crippen molar-refractivity contribution in [1.29, 1.82) is 0 Å². The van der Waals surface area contributed by atoms with E-state index < -0.39 is 0 Å². The Morgan fingerprint density at radius 1 is 1.36 bits per heavy atom. The maximum atomic E-state index is 3.68. The molecule has 2 aliphatic rings. The topological polar surface area (TPSA) is 12.0 Å². The van der Waals surface area contributed by atoms with Crippen LogP contribution < -0.4 is 5.32 Å². The zero-order valence-corrected chi connectivity index (χ0v) is 9.68. The largest absolute Gasteiger partial charge is 0.316 e. The van der Waals surface area contributed by atoms with Gasteiger partial charge < -0.3 is 5.32 Å². The molecule has 1 nitrogen and oxygen atoms in total. The molecule has 2 unspecified atom stereocenters. The Morgan fingerprint density at radius 2 is 2.21 bits per heavy atom. The number of benzene rings is 1. The van der Waals surface area contributed by atoms with Crippen molar-refractivity contribution in [3.05, 3.63) is 34.3 Å². The predicted molar refractivity (Wildman–Crippen MR) is 61.4 cm³/mol. The van der Waals surface area contributed by atoms with Crippen molar-refractivity contribution in [3.8, 4) is 0 Å². The van der Waals surface area contributed by atoms with E-state index >= 15 is 0 Å². The molecule has 1 aliphatic heterocycles. The van der Waals surface area contributed by atoms with Crippen LogP contribution in [0.1, 0.15) is 18.4 Å². The smallest absolute Gasteiger partial charge is 0.0213 e. The highest BCUT2D eigenvalue weighted by atomic mass is 79.9. The second-order valence-corrected chi connectivity index (χ2v) is 5.36. The Hall–Kier alpha value is -0.340. The predicted octanol–water partition coefficient (Wildman–Crippen LogP) is 2.70. The zero-order valence-electron chi connectivity index (χ0n) is 8.09. The number of halogens is 1. The minimum absolute atomic E-state index is 0.458. The third-order valence-corrected chi connectivity index (χ3v) is 4.65. The molecule has 0 spiro atoms. The SMILES string of the molecule is Brc1ccccc1C12CCC1CNC2. The molecule has 1 aromatic rings. The number of hydrogen-bond donors (Lipinski definition) is 1. The van der Waals surface area contributed by atoms with Crippen molar-refractivity contribution in [3.63, 3.8) is 0 Å². The van der Waals surface area contributed by atoms with Crippen LogP contribution >= 0.6 is 15.9 Å². The molecule has 3 rings (SSSR count). The lowest BCUT2D eigenvalue weighted by Gasteiger charge is -2.45. The normalized spacial score (nSPS) is 35.1. The summed E-state index contributed by atoms with van der Waals surface area (Å²) < 4.78 is 1.29. The van der Waals surface area contributed by atoms with Gasteiger partial charge in [-0.15, -0.1) is 0 Å². The molecule has 0 radical (unpaired) electrons. The van der Waals surface area contributed by atoms with Crippen LogP contribution in [0, 0.1) is 5.92 Å². The number of nitrogens with one attached hydrogen (secondary N) is 1. The molecule has 74 valence electrons. The molecule has 1 N–H and O–H groups in total. The Kier molecular flexibility index (Phi) is 1.96. The fourth-order valence-corrected chi connectivity index (χ4v) is 3.69. The second-order valence-electron chi connectivity index (χ2n) is 4.50. The highest BCUT2D eigenvalue weighted by Gasteiger charge is 2.51. The van der Waals surface area contributed by atoms with Gasteiger partial charge in [0.2, 0.25) is 0 Å². The molecule has 2 heteroatoms. The minimum atomic E-state index is 0.458. The molecular formula is C12H14BrN. The second kappa shape index (κ2) is 3.07. The van der Waals surface area contributed by atoms with Crippen molar-refractivity contribution in [2.45, 2.75) is 18.3 Å². The average molecular weight is 252 g/mol. The summed E-state index contributed by atoms with van der Waals surface area (Å²) in [5.74, 6) is 0.876. The van der Waals surface area contributed by atoms with E-state index in [0.29, 0.717) is 5.41 Å². The molecule has 1 aromatic carbocycles. The van der Waals surface area contributed by atoms with E-state index in [9.17, 15) is 0 Å². The summed E-state index contributed by atoms with van der Waals surface area (Å²) in [7, 11) is 0. The van der Waals surface area contributed by atoms with E-state index in [1.807, 2.05) is 0 Å². The van der Waals surface area contributed by atoms with Crippen molar-refractivity contribution in [2.75, 3.05) is 13.1 Å². The summed E-state index contributed by atoms with van der Waals surface area (Å²) in [4.78, 5) is 0. The third-order valence-electron chi connectivity index (χ3n) is 3.96. The lowest BCUT2D eigenvalue weighted by molar-refractivity contribution is 0.181. The van der Waals surface area contributed by atoms with Crippen molar-refractivity contribution in [2.24, 2.45) is 5.92 Å². The summed E-state index contributed by atoms with van der Waals surface area (Å²) in [6.45, 7) is 2.38. The first-order valence-electron chi connectivity index (χ1n) is 5.29. The van der Waals surface area contributed by atoms with Gasteiger partial charge in [-0.25, -0.2) is 0 Å². The Morgan fingerprint density at radius 3 is 2.86 bits per heavy atom. The lowest BCUT2D eigenvalue weighted by atomic mass is 9.59. The van der Waals surface area contributed by atoms with Crippen LogP contribution in [0.15, 0.2) is 28.7 Å². The summed E-state index contributed by atoms with van der Waals surface area (Å²) in [5.41, 5.74) is 1.97. The highest BCUT2D eigenvalue weighted by molar-refractivity contribution is 9.10. The summed E-state index contributed by atoms with van der Waals surface area (Å²) in [6, 6.07) is 8.70. The molecule has 2 fully saturated rings. The van der Waals surface area contributed by atoms with E-state index in [-0.39, 0.29) is 0 Å². The van der Waals surface area contributed by atoms with Gasteiger partial charge >= 0.3 is 0 Å². The maximum Gasteiger partial charge on any atom is 0.0213 e.